The molecular formula is C53H90N10O11. The van der Waals surface area contributed by atoms with Gasteiger partial charge >= 0.3 is 6.09 Å². The number of carbonyl (C=O) groups is 10. The van der Waals surface area contributed by atoms with E-state index in [1.165, 1.54) is 97.1 Å². The number of benzene rings is 1. The molecule has 0 heterocycles. The zero-order valence-electron chi connectivity index (χ0n) is 48.4. The molecule has 0 aromatic heterocycles. The molecule has 1 aromatic rings. The van der Waals surface area contributed by atoms with Crippen molar-refractivity contribution in [1.82, 2.24) is 53.2 Å². The van der Waals surface area contributed by atoms with E-state index in [-0.39, 0.29) is 12.5 Å². The van der Waals surface area contributed by atoms with Gasteiger partial charge < -0.3 is 57.9 Å². The number of ether oxygens (including phenoxy) is 1. The van der Waals surface area contributed by atoms with Crippen molar-refractivity contribution >= 4 is 59.3 Å². The van der Waals surface area contributed by atoms with E-state index in [1.54, 1.807) is 86.6 Å². The maximum absolute atomic E-state index is 14.2. The normalized spacial score (nSPS) is 15.7. The highest BCUT2D eigenvalue weighted by molar-refractivity contribution is 6.03. The summed E-state index contributed by atoms with van der Waals surface area (Å²) in [5, 5.41) is 26.8. The average molecular weight is 1040 g/mol. The Morgan fingerprint density at radius 1 is 0.351 bits per heavy atom. The molecule has 21 heteroatoms. The third-order valence-electron chi connectivity index (χ3n) is 14.4. The van der Waals surface area contributed by atoms with Crippen LogP contribution in [-0.4, -0.2) is 116 Å². The Labute approximate surface area is 439 Å². The molecule has 0 unspecified atom stereocenters. The van der Waals surface area contributed by atoms with E-state index >= 15 is 0 Å². The second-order valence-electron chi connectivity index (χ2n) is 24.0. The van der Waals surface area contributed by atoms with Crippen molar-refractivity contribution in [2.45, 2.75) is 209 Å². The number of hydrogen-bond donors (Lipinski definition) is 10. The maximum atomic E-state index is 14.2. The Morgan fingerprint density at radius 2 is 0.581 bits per heavy atom. The molecular weight excluding hydrogens is 953 g/mol. The highest BCUT2D eigenvalue weighted by atomic mass is 16.5. The van der Waals surface area contributed by atoms with Crippen molar-refractivity contribution in [1.29, 1.82) is 0 Å². The summed E-state index contributed by atoms with van der Waals surface area (Å²) < 4.78 is 5.38. The lowest BCUT2D eigenvalue weighted by Gasteiger charge is -2.41. The van der Waals surface area contributed by atoms with Gasteiger partial charge in [0.15, 0.2) is 0 Å². The molecule has 1 aromatic carbocycles. The predicted molar refractivity (Wildman–Crippen MR) is 282 cm³/mol. The first-order valence-electron chi connectivity index (χ1n) is 25.1. The van der Waals surface area contributed by atoms with E-state index in [2.05, 4.69) is 53.2 Å². The lowest BCUT2D eigenvalue weighted by Crippen LogP contribution is -2.71. The molecule has 0 aliphatic rings. The SMILES string of the molecule is CNC(=O)[C@](C)(NC(=O)[C@](C)(NC(=O)C(C)(C)NC(=O)C(C)(C)NC(=O)C(C)(C)NC(=O)C(C)(C)NC(=O)C(C)(C)NC(=O)[C@@](C)(NC(=O)[C@@](C)(NC(=O)OCc1ccccc1)C(C)C)C(C)C)C(C)C)C(C)C. The molecule has 10 N–H and O–H groups in total. The lowest BCUT2D eigenvalue weighted by molar-refractivity contribution is -0.144. The molecule has 1 rings (SSSR count). The second-order valence-corrected chi connectivity index (χ2v) is 24.0. The summed E-state index contributed by atoms with van der Waals surface area (Å²) in [4.78, 5) is 137. The minimum atomic E-state index is -1.70. The molecule has 418 valence electrons. The Balaban J connectivity index is 3.16. The topological polar surface area (TPSA) is 300 Å². The van der Waals surface area contributed by atoms with Gasteiger partial charge in [-0.1, -0.05) is 85.7 Å². The van der Waals surface area contributed by atoms with Gasteiger partial charge in [0.05, 0.1) is 0 Å². The molecule has 0 fully saturated rings. The number of nitrogens with one attached hydrogen (secondary N) is 10. The van der Waals surface area contributed by atoms with E-state index in [1.807, 2.05) is 6.07 Å². The molecule has 0 aliphatic carbocycles. The maximum Gasteiger partial charge on any atom is 0.408 e. The van der Waals surface area contributed by atoms with E-state index < -0.39 is 127 Å². The molecule has 0 radical (unpaired) electrons. The molecule has 0 spiro atoms. The fraction of sp³-hybridized carbons (Fsp3) is 0.698. The number of amides is 10. The standard InChI is InChI=1S/C53H90N10O11/c1-30(2)50(19,40(69)54-23)61-42(71)52(21,32(5)6)60-39(68)49(17,18)58-37(66)47(13,14)56-35(64)45(9,10)55-36(65)46(11,12)57-38(67)48(15,16)59-41(70)51(20,31(3)4)62-43(72)53(22,33(7)8)63-44(73)74-29-34-27-25-24-26-28-34/h24-28,30-33H,29H2,1-23H3,(H,54,69)(H,55,65)(H,56,64)(H,57,67)(H,58,66)(H,59,70)(H,60,68)(H,61,71)(H,62,72)(H,63,73)/t50-,51+,52-,53+/m1/s1. The highest BCUT2D eigenvalue weighted by Crippen LogP contribution is 2.26. The summed E-state index contributed by atoms with van der Waals surface area (Å²) >= 11 is 0. The zero-order valence-corrected chi connectivity index (χ0v) is 48.4. The second kappa shape index (κ2) is 23.9. The summed E-state index contributed by atoms with van der Waals surface area (Å²) in [7, 11) is 1.46. The van der Waals surface area contributed by atoms with Gasteiger partial charge in [0.25, 0.3) is 0 Å². The fourth-order valence-electron chi connectivity index (χ4n) is 6.67. The van der Waals surface area contributed by atoms with Gasteiger partial charge in [0.1, 0.15) is 56.5 Å². The first kappa shape index (κ1) is 65.7. The van der Waals surface area contributed by atoms with Crippen LogP contribution in [0.3, 0.4) is 0 Å². The molecule has 0 saturated heterocycles. The van der Waals surface area contributed by atoms with E-state index in [9.17, 15) is 47.9 Å². The smallest absolute Gasteiger partial charge is 0.408 e. The van der Waals surface area contributed by atoms with Crippen LogP contribution >= 0.6 is 0 Å². The number of carbonyl (C=O) groups excluding carboxylic acids is 10. The highest BCUT2D eigenvalue weighted by Gasteiger charge is 2.50. The van der Waals surface area contributed by atoms with Crippen LogP contribution < -0.4 is 53.2 Å². The van der Waals surface area contributed by atoms with Gasteiger partial charge in [-0.15, -0.1) is 0 Å². The third kappa shape index (κ3) is 15.9. The molecule has 10 amide bonds. The van der Waals surface area contributed by atoms with Gasteiger partial charge in [0, 0.05) is 7.05 Å². The molecule has 0 aliphatic heterocycles. The molecule has 0 bridgehead atoms. The Hall–Kier alpha value is -6.28. The van der Waals surface area contributed by atoms with Crippen LogP contribution in [0.2, 0.25) is 0 Å². The van der Waals surface area contributed by atoms with Crippen LogP contribution in [0.5, 0.6) is 0 Å². The molecule has 21 nitrogen and oxygen atoms in total. The Morgan fingerprint density at radius 3 is 0.865 bits per heavy atom. The Bertz CT molecular complexity index is 2270. The molecule has 0 saturated carbocycles. The zero-order chi connectivity index (χ0) is 58.2. The number of rotatable bonds is 24. The van der Waals surface area contributed by atoms with Crippen molar-refractivity contribution in [2.24, 2.45) is 23.7 Å². The van der Waals surface area contributed by atoms with Gasteiger partial charge in [0.2, 0.25) is 53.2 Å². The minimum absolute atomic E-state index is 0.0346. The monoisotopic (exact) mass is 1040 g/mol. The first-order chi connectivity index (χ1) is 33.2. The molecule has 74 heavy (non-hydrogen) atoms. The van der Waals surface area contributed by atoms with Crippen molar-refractivity contribution in [2.75, 3.05) is 7.05 Å². The lowest BCUT2D eigenvalue weighted by atomic mass is 9.82. The summed E-state index contributed by atoms with van der Waals surface area (Å²) in [6.45, 7) is 33.9. The number of hydrogen-bond acceptors (Lipinski definition) is 11. The van der Waals surface area contributed by atoms with Crippen molar-refractivity contribution < 1.29 is 52.7 Å². The summed E-state index contributed by atoms with van der Waals surface area (Å²) in [6.07, 6.45) is -0.842. The van der Waals surface area contributed by atoms with E-state index in [0.717, 1.165) is 5.56 Å². The predicted octanol–water partition coefficient (Wildman–Crippen LogP) is 3.14. The summed E-state index contributed by atoms with van der Waals surface area (Å²) in [5.74, 6) is -8.20. The van der Waals surface area contributed by atoms with Crippen LogP contribution in [0.25, 0.3) is 0 Å². The van der Waals surface area contributed by atoms with Crippen LogP contribution in [0.1, 0.15) is 158 Å². The average Bonchev–Trinajstić information content (AvgIpc) is 3.26. The van der Waals surface area contributed by atoms with Crippen molar-refractivity contribution in [3.63, 3.8) is 0 Å². The van der Waals surface area contributed by atoms with Crippen molar-refractivity contribution in [3.05, 3.63) is 35.9 Å². The third-order valence-corrected chi connectivity index (χ3v) is 14.4. The molecule has 4 atom stereocenters. The van der Waals surface area contributed by atoms with Crippen molar-refractivity contribution in [3.8, 4) is 0 Å². The van der Waals surface area contributed by atoms with Crippen LogP contribution in [-0.2, 0) is 54.5 Å². The minimum Gasteiger partial charge on any atom is -0.445 e. The quantitative estimate of drug-likeness (QED) is 0.0718. The van der Waals surface area contributed by atoms with E-state index in [0.29, 0.717) is 0 Å². The summed E-state index contributed by atoms with van der Waals surface area (Å²) in [6, 6.07) is 9.00. The fourth-order valence-corrected chi connectivity index (χ4v) is 6.67. The van der Waals surface area contributed by atoms with Crippen LogP contribution in [0, 0.1) is 23.7 Å². The van der Waals surface area contributed by atoms with Crippen LogP contribution in [0.15, 0.2) is 30.3 Å². The summed E-state index contributed by atoms with van der Waals surface area (Å²) in [5.41, 5.74) is -13.7. The van der Waals surface area contributed by atoms with Gasteiger partial charge in [-0.05, 0) is 126 Å². The number of alkyl carbamates (subject to hydrolysis) is 1. The number of likely N-dealkylation sites (N-methyl/N-ethyl adjacent to an activating group) is 1. The van der Waals surface area contributed by atoms with Gasteiger partial charge in [-0.2, -0.15) is 0 Å². The van der Waals surface area contributed by atoms with E-state index in [4.69, 9.17) is 4.74 Å². The van der Waals surface area contributed by atoms with Gasteiger partial charge in [-0.3, -0.25) is 43.2 Å². The van der Waals surface area contributed by atoms with Crippen LogP contribution in [0.4, 0.5) is 4.79 Å². The largest absolute Gasteiger partial charge is 0.445 e. The first-order valence-corrected chi connectivity index (χ1v) is 25.1. The van der Waals surface area contributed by atoms with Gasteiger partial charge in [-0.25, -0.2) is 4.79 Å². The Kier molecular flexibility index (Phi) is 21.3.